The SMILES string of the molecule is O=C(NCC(c1ccccc1)N1CCCC1)Nc1cccc(C2SCCCS2)c1. The van der Waals surface area contributed by atoms with Gasteiger partial charge in [0.2, 0.25) is 0 Å². The van der Waals surface area contributed by atoms with Gasteiger partial charge >= 0.3 is 6.03 Å². The number of nitrogens with zero attached hydrogens (tertiary/aromatic N) is 1. The molecular formula is C23H29N3OS2. The third-order valence-electron chi connectivity index (χ3n) is 5.47. The molecule has 0 aliphatic carbocycles. The highest BCUT2D eigenvalue weighted by Crippen LogP contribution is 2.44. The number of likely N-dealkylation sites (tertiary alicyclic amines) is 1. The Kier molecular flexibility index (Phi) is 7.41. The summed E-state index contributed by atoms with van der Waals surface area (Å²) in [7, 11) is 0. The van der Waals surface area contributed by atoms with Gasteiger partial charge in [-0.1, -0.05) is 42.5 Å². The molecule has 2 heterocycles. The number of carbonyl (C=O) groups is 1. The molecule has 1 atom stereocenters. The first-order valence-electron chi connectivity index (χ1n) is 10.5. The average molecular weight is 428 g/mol. The van der Waals surface area contributed by atoms with Gasteiger partial charge in [0.1, 0.15) is 0 Å². The summed E-state index contributed by atoms with van der Waals surface area (Å²) in [5.74, 6) is 2.43. The van der Waals surface area contributed by atoms with E-state index < -0.39 is 0 Å². The van der Waals surface area contributed by atoms with E-state index in [1.54, 1.807) is 0 Å². The maximum absolute atomic E-state index is 12.6. The van der Waals surface area contributed by atoms with Crippen molar-refractivity contribution in [3.8, 4) is 0 Å². The lowest BCUT2D eigenvalue weighted by Crippen LogP contribution is -2.38. The molecule has 4 rings (SSSR count). The Labute approximate surface area is 182 Å². The van der Waals surface area contributed by atoms with Crippen LogP contribution < -0.4 is 10.6 Å². The van der Waals surface area contributed by atoms with Crippen LogP contribution in [0.4, 0.5) is 10.5 Å². The van der Waals surface area contributed by atoms with Crippen molar-refractivity contribution in [1.29, 1.82) is 0 Å². The molecule has 2 aromatic rings. The first-order valence-corrected chi connectivity index (χ1v) is 12.6. The summed E-state index contributed by atoms with van der Waals surface area (Å²) in [6.07, 6.45) is 3.75. The van der Waals surface area contributed by atoms with Gasteiger partial charge in [0.15, 0.2) is 0 Å². The highest BCUT2D eigenvalue weighted by molar-refractivity contribution is 8.16. The van der Waals surface area contributed by atoms with E-state index in [0.717, 1.165) is 18.8 Å². The Balaban J connectivity index is 1.36. The van der Waals surface area contributed by atoms with Crippen LogP contribution in [0.5, 0.6) is 0 Å². The zero-order valence-electron chi connectivity index (χ0n) is 16.7. The zero-order chi connectivity index (χ0) is 19.9. The van der Waals surface area contributed by atoms with E-state index in [4.69, 9.17) is 0 Å². The molecule has 0 saturated carbocycles. The number of carbonyl (C=O) groups excluding carboxylic acids is 1. The molecule has 2 aliphatic heterocycles. The van der Waals surface area contributed by atoms with Crippen LogP contribution in [0, 0.1) is 0 Å². The number of thioether (sulfide) groups is 2. The van der Waals surface area contributed by atoms with Crippen molar-refractivity contribution in [1.82, 2.24) is 10.2 Å². The van der Waals surface area contributed by atoms with Gasteiger partial charge in [-0.25, -0.2) is 4.79 Å². The van der Waals surface area contributed by atoms with Crippen LogP contribution in [0.3, 0.4) is 0 Å². The van der Waals surface area contributed by atoms with E-state index in [-0.39, 0.29) is 12.1 Å². The minimum atomic E-state index is -0.133. The number of rotatable bonds is 6. The predicted octanol–water partition coefficient (Wildman–Crippen LogP) is 5.51. The van der Waals surface area contributed by atoms with Crippen molar-refractivity contribution in [2.24, 2.45) is 0 Å². The van der Waals surface area contributed by atoms with Crippen LogP contribution >= 0.6 is 23.5 Å². The molecule has 154 valence electrons. The maximum Gasteiger partial charge on any atom is 0.319 e. The quantitative estimate of drug-likeness (QED) is 0.638. The summed E-state index contributed by atoms with van der Waals surface area (Å²) in [6.45, 7) is 2.81. The Hall–Kier alpha value is -1.63. The predicted molar refractivity (Wildman–Crippen MR) is 126 cm³/mol. The summed E-state index contributed by atoms with van der Waals surface area (Å²) in [5.41, 5.74) is 3.42. The molecule has 2 amide bonds. The fraction of sp³-hybridized carbons (Fsp3) is 0.435. The normalized spacial score (nSPS) is 19.0. The fourth-order valence-electron chi connectivity index (χ4n) is 3.99. The van der Waals surface area contributed by atoms with Crippen LogP contribution in [0.25, 0.3) is 0 Å². The van der Waals surface area contributed by atoms with Crippen LogP contribution in [-0.4, -0.2) is 42.1 Å². The van der Waals surface area contributed by atoms with Crippen LogP contribution in [0.15, 0.2) is 54.6 Å². The summed E-state index contributed by atoms with van der Waals surface area (Å²) in [6, 6.07) is 18.9. The van der Waals surface area contributed by atoms with Gasteiger partial charge in [0.05, 0.1) is 10.6 Å². The number of anilines is 1. The Morgan fingerprint density at radius 1 is 1.00 bits per heavy atom. The minimum absolute atomic E-state index is 0.133. The number of benzene rings is 2. The molecule has 0 radical (unpaired) electrons. The molecule has 2 N–H and O–H groups in total. The summed E-state index contributed by atoms with van der Waals surface area (Å²) in [5, 5.41) is 6.14. The smallest absolute Gasteiger partial charge is 0.319 e. The third-order valence-corrected chi connectivity index (χ3v) is 8.48. The molecule has 0 bridgehead atoms. The van der Waals surface area contributed by atoms with Crippen molar-refractivity contribution in [3.63, 3.8) is 0 Å². The fourth-order valence-corrected chi connectivity index (χ4v) is 6.87. The van der Waals surface area contributed by atoms with E-state index in [2.05, 4.69) is 51.9 Å². The highest BCUT2D eigenvalue weighted by atomic mass is 32.2. The number of nitrogens with one attached hydrogen (secondary N) is 2. The van der Waals surface area contributed by atoms with E-state index in [1.807, 2.05) is 41.7 Å². The second-order valence-corrected chi connectivity index (χ2v) is 10.3. The minimum Gasteiger partial charge on any atom is -0.336 e. The molecule has 4 nitrogen and oxygen atoms in total. The second-order valence-electron chi connectivity index (χ2n) is 7.56. The second kappa shape index (κ2) is 10.4. The molecule has 29 heavy (non-hydrogen) atoms. The molecule has 1 unspecified atom stereocenters. The summed E-state index contributed by atoms with van der Waals surface area (Å²) >= 11 is 4.00. The Morgan fingerprint density at radius 2 is 1.76 bits per heavy atom. The molecule has 0 spiro atoms. The monoisotopic (exact) mass is 427 g/mol. The van der Waals surface area contributed by atoms with Gasteiger partial charge in [-0.2, -0.15) is 0 Å². The molecule has 0 aromatic heterocycles. The lowest BCUT2D eigenvalue weighted by molar-refractivity contribution is 0.227. The molecule has 2 fully saturated rings. The van der Waals surface area contributed by atoms with Gasteiger partial charge < -0.3 is 10.6 Å². The number of hydrogen-bond donors (Lipinski definition) is 2. The lowest BCUT2D eigenvalue weighted by atomic mass is 10.1. The van der Waals surface area contributed by atoms with Crippen LogP contribution in [0.1, 0.15) is 41.0 Å². The molecule has 2 aliphatic rings. The number of urea groups is 1. The van der Waals surface area contributed by atoms with Gasteiger partial charge in [0, 0.05) is 12.2 Å². The van der Waals surface area contributed by atoms with Crippen molar-refractivity contribution in [3.05, 3.63) is 65.7 Å². The summed E-state index contributed by atoms with van der Waals surface area (Å²) < 4.78 is 0.478. The van der Waals surface area contributed by atoms with Gasteiger partial charge in [-0.05, 0) is 67.1 Å². The first kappa shape index (κ1) is 20.6. The van der Waals surface area contributed by atoms with Crippen molar-refractivity contribution < 1.29 is 4.79 Å². The van der Waals surface area contributed by atoms with E-state index in [0.29, 0.717) is 11.1 Å². The maximum atomic E-state index is 12.6. The molecule has 2 saturated heterocycles. The standard InChI is InChI=1S/C23H29N3OS2/c27-23(25-20-11-6-10-19(16-20)22-28-14-7-15-29-22)24-17-21(26-12-4-5-13-26)18-8-2-1-3-9-18/h1-3,6,8-11,16,21-22H,4-5,7,12-15,17H2,(H2,24,25,27). The largest absolute Gasteiger partial charge is 0.336 e. The first-order chi connectivity index (χ1) is 14.3. The van der Waals surface area contributed by atoms with Gasteiger partial charge in [-0.3, -0.25) is 4.90 Å². The third kappa shape index (κ3) is 5.71. The summed E-state index contributed by atoms with van der Waals surface area (Å²) in [4.78, 5) is 15.1. The number of hydrogen-bond acceptors (Lipinski definition) is 4. The average Bonchev–Trinajstić information content (AvgIpc) is 3.30. The van der Waals surface area contributed by atoms with Gasteiger partial charge in [0.25, 0.3) is 0 Å². The lowest BCUT2D eigenvalue weighted by Gasteiger charge is -2.28. The highest BCUT2D eigenvalue weighted by Gasteiger charge is 2.24. The van der Waals surface area contributed by atoms with Crippen LogP contribution in [-0.2, 0) is 0 Å². The zero-order valence-corrected chi connectivity index (χ0v) is 18.3. The topological polar surface area (TPSA) is 44.4 Å². The Bertz CT molecular complexity index is 790. The van der Waals surface area contributed by atoms with E-state index in [9.17, 15) is 4.79 Å². The van der Waals surface area contributed by atoms with Gasteiger partial charge in [-0.15, -0.1) is 23.5 Å². The van der Waals surface area contributed by atoms with E-state index in [1.165, 1.54) is 41.9 Å². The molecular weight excluding hydrogens is 398 g/mol. The Morgan fingerprint density at radius 3 is 2.52 bits per heavy atom. The molecule has 2 aromatic carbocycles. The van der Waals surface area contributed by atoms with Crippen molar-refractivity contribution >= 4 is 35.2 Å². The number of amides is 2. The van der Waals surface area contributed by atoms with E-state index >= 15 is 0 Å². The molecule has 6 heteroatoms. The van der Waals surface area contributed by atoms with Crippen molar-refractivity contribution in [2.45, 2.75) is 29.9 Å². The van der Waals surface area contributed by atoms with Crippen LogP contribution in [0.2, 0.25) is 0 Å². The van der Waals surface area contributed by atoms with Crippen molar-refractivity contribution in [2.75, 3.05) is 36.5 Å².